The number of aromatic nitrogens is 2. The Hall–Kier alpha value is -5.21. The van der Waals surface area contributed by atoms with Crippen LogP contribution in [-0.2, 0) is 0 Å². The lowest BCUT2D eigenvalue weighted by Crippen LogP contribution is -2.33. The summed E-state index contributed by atoms with van der Waals surface area (Å²) in [6.07, 6.45) is 40.6. The Morgan fingerprint density at radius 2 is 1.75 bits per heavy atom. The van der Waals surface area contributed by atoms with Crippen LogP contribution in [0, 0.1) is 17.3 Å². The van der Waals surface area contributed by atoms with Crippen molar-refractivity contribution in [3.63, 3.8) is 0 Å². The number of hydrogen-bond donors (Lipinski definition) is 0. The van der Waals surface area contributed by atoms with Gasteiger partial charge in [0, 0.05) is 23.4 Å². The van der Waals surface area contributed by atoms with E-state index in [-0.39, 0.29) is 5.41 Å². The fourth-order valence-corrected chi connectivity index (χ4v) is 8.32. The topological polar surface area (TPSA) is 17.8 Å². The monoisotopic (exact) mass is 666 g/mol. The van der Waals surface area contributed by atoms with Crippen molar-refractivity contribution in [3.05, 3.63) is 180 Å². The normalized spacial score (nSPS) is 22.5. The molecule has 2 unspecified atom stereocenters. The van der Waals surface area contributed by atoms with Crippen molar-refractivity contribution in [1.29, 1.82) is 0 Å². The van der Waals surface area contributed by atoms with Gasteiger partial charge < -0.3 is 4.57 Å². The molecule has 8 rings (SSSR count). The van der Waals surface area contributed by atoms with Gasteiger partial charge in [0.05, 0.1) is 16.7 Å². The van der Waals surface area contributed by atoms with Crippen molar-refractivity contribution < 1.29 is 0 Å². The van der Waals surface area contributed by atoms with Crippen LogP contribution in [0.2, 0.25) is 0 Å². The molecule has 5 aliphatic rings. The van der Waals surface area contributed by atoms with Crippen LogP contribution in [0.5, 0.6) is 0 Å². The van der Waals surface area contributed by atoms with E-state index >= 15 is 0 Å². The van der Waals surface area contributed by atoms with Gasteiger partial charge in [-0.1, -0.05) is 138 Å². The fraction of sp³-hybridized carbons (Fsp3) is 0.245. The predicted molar refractivity (Wildman–Crippen MR) is 222 cm³/mol. The first-order valence-electron chi connectivity index (χ1n) is 18.8. The molecule has 0 radical (unpaired) electrons. The zero-order valence-corrected chi connectivity index (χ0v) is 30.7. The lowest BCUT2D eigenvalue weighted by Gasteiger charge is -2.43. The molecule has 2 nitrogen and oxygen atoms in total. The van der Waals surface area contributed by atoms with Gasteiger partial charge >= 0.3 is 0 Å². The summed E-state index contributed by atoms with van der Waals surface area (Å²) < 4.78 is 2.46. The summed E-state index contributed by atoms with van der Waals surface area (Å²) in [5, 5.41) is 0. The van der Waals surface area contributed by atoms with Gasteiger partial charge in [-0.05, 0) is 112 Å². The molecule has 0 spiro atoms. The third-order valence-corrected chi connectivity index (χ3v) is 11.2. The van der Waals surface area contributed by atoms with Crippen LogP contribution in [0.3, 0.4) is 0 Å². The van der Waals surface area contributed by atoms with E-state index in [4.69, 9.17) is 4.98 Å². The van der Waals surface area contributed by atoms with Crippen LogP contribution in [-0.4, -0.2) is 9.55 Å². The summed E-state index contributed by atoms with van der Waals surface area (Å²) in [6, 6.07) is 13.5. The Bertz CT molecular complexity index is 2190. The van der Waals surface area contributed by atoms with E-state index in [1.807, 2.05) is 26.1 Å². The molecule has 51 heavy (non-hydrogen) atoms. The highest BCUT2D eigenvalue weighted by atomic mass is 15.0. The van der Waals surface area contributed by atoms with Crippen LogP contribution in [0.25, 0.3) is 39.5 Å². The molecule has 1 fully saturated rings. The molecule has 4 bridgehead atoms. The van der Waals surface area contributed by atoms with E-state index in [1.165, 1.54) is 67.0 Å². The minimum atomic E-state index is 0.0359. The molecule has 2 atom stereocenters. The summed E-state index contributed by atoms with van der Waals surface area (Å²) in [4.78, 5) is 4.95. The Balaban J connectivity index is 0.00000200. The molecule has 2 heteroatoms. The molecule has 5 aliphatic carbocycles. The number of hydrogen-bond acceptors (Lipinski definition) is 1. The zero-order chi connectivity index (χ0) is 35.5. The predicted octanol–water partition coefficient (Wildman–Crippen LogP) is 13.3. The van der Waals surface area contributed by atoms with Gasteiger partial charge in [-0.25, -0.2) is 0 Å². The maximum Gasteiger partial charge on any atom is 0.0966 e. The third kappa shape index (κ3) is 6.33. The quantitative estimate of drug-likeness (QED) is 0.239. The maximum atomic E-state index is 4.95. The smallest absolute Gasteiger partial charge is 0.0966 e. The van der Waals surface area contributed by atoms with Crippen molar-refractivity contribution in [2.45, 2.75) is 59.8 Å². The number of nitrogens with zero attached hydrogens (tertiary/aromatic N) is 2. The van der Waals surface area contributed by atoms with Gasteiger partial charge in [0.25, 0.3) is 0 Å². The second-order valence-electron chi connectivity index (χ2n) is 14.4. The highest BCUT2D eigenvalue weighted by Crippen LogP contribution is 2.51. The second kappa shape index (κ2) is 14.6. The molecule has 0 aliphatic heterocycles. The van der Waals surface area contributed by atoms with Gasteiger partial charge in [0.15, 0.2) is 0 Å². The molecule has 0 N–H and O–H groups in total. The molecule has 0 amide bonds. The summed E-state index contributed by atoms with van der Waals surface area (Å²) in [5.41, 5.74) is 16.3. The molecule has 1 aromatic carbocycles. The van der Waals surface area contributed by atoms with Gasteiger partial charge in [-0.3, -0.25) is 4.98 Å². The first-order chi connectivity index (χ1) is 24.9. The van der Waals surface area contributed by atoms with Gasteiger partial charge in [-0.15, -0.1) is 6.58 Å². The van der Waals surface area contributed by atoms with E-state index < -0.39 is 0 Å². The average molecular weight is 667 g/mol. The van der Waals surface area contributed by atoms with Crippen molar-refractivity contribution >= 4 is 39.5 Å². The van der Waals surface area contributed by atoms with Gasteiger partial charge in [0.1, 0.15) is 0 Å². The number of allylic oxidation sites excluding steroid dienone is 21. The Labute approximate surface area is 305 Å². The average Bonchev–Trinajstić information content (AvgIpc) is 3.42. The van der Waals surface area contributed by atoms with Crippen LogP contribution in [0.1, 0.15) is 82.2 Å². The molecular weight excluding hydrogens is 617 g/mol. The highest BCUT2D eigenvalue weighted by molar-refractivity contribution is 6.05. The number of rotatable bonds is 6. The summed E-state index contributed by atoms with van der Waals surface area (Å²) in [5.74, 6) is 0.901. The molecule has 2 heterocycles. The lowest BCUT2D eigenvalue weighted by atomic mass is 9.61. The van der Waals surface area contributed by atoms with Gasteiger partial charge in [0.2, 0.25) is 0 Å². The minimum absolute atomic E-state index is 0.0359. The molecule has 1 saturated carbocycles. The van der Waals surface area contributed by atoms with Crippen molar-refractivity contribution in [1.82, 2.24) is 9.55 Å². The Morgan fingerprint density at radius 1 is 0.961 bits per heavy atom. The van der Waals surface area contributed by atoms with E-state index in [0.717, 1.165) is 37.6 Å². The Kier molecular flexibility index (Phi) is 9.78. The maximum absolute atomic E-state index is 4.95. The van der Waals surface area contributed by atoms with Crippen molar-refractivity contribution in [2.75, 3.05) is 0 Å². The molecule has 256 valence electrons. The van der Waals surface area contributed by atoms with Crippen LogP contribution >= 0.6 is 0 Å². The van der Waals surface area contributed by atoms with E-state index in [1.54, 1.807) is 0 Å². The summed E-state index contributed by atoms with van der Waals surface area (Å²) in [6.45, 7) is 17.4. The number of fused-ring (bicyclic) bond motifs is 8. The van der Waals surface area contributed by atoms with Crippen LogP contribution < -0.4 is 0 Å². The molecule has 2 aromatic heterocycles. The Morgan fingerprint density at radius 3 is 2.51 bits per heavy atom. The lowest BCUT2D eigenvalue weighted by molar-refractivity contribution is 0.262. The first kappa shape index (κ1) is 34.2. The number of benzene rings is 1. The first-order valence-corrected chi connectivity index (χ1v) is 18.8. The summed E-state index contributed by atoms with van der Waals surface area (Å²) >= 11 is 0. The number of pyridine rings is 1. The van der Waals surface area contributed by atoms with E-state index in [9.17, 15) is 0 Å². The second-order valence-corrected chi connectivity index (χ2v) is 14.4. The van der Waals surface area contributed by atoms with Gasteiger partial charge in [-0.2, -0.15) is 0 Å². The van der Waals surface area contributed by atoms with Crippen molar-refractivity contribution in [2.24, 2.45) is 17.3 Å². The van der Waals surface area contributed by atoms with Crippen LogP contribution in [0.15, 0.2) is 158 Å². The van der Waals surface area contributed by atoms with E-state index in [2.05, 4.69) is 153 Å². The standard InChI is InChI=1S/C47H44N2.C2H6/c1-5-14-33(26-27-41-32(2)47(3,4)39-18-12-11-16-37(41)30-39)34-22-24-35(25-23-34)42-31-44-45(38-17-10-9-15-36(42)29-38)46-43(21-13-28-48-46)49(44)40-19-7-6-8-20-40;1-2/h5-7,9-13,15-19,21-28,31,37,39H,1-2,8,14,20,29-30H2,3-4H3;1-2H3/b33-26+,41-27+;. The molecule has 0 saturated heterocycles. The van der Waals surface area contributed by atoms with E-state index in [0.29, 0.717) is 11.8 Å². The molecular formula is C49H50N2. The highest BCUT2D eigenvalue weighted by Gasteiger charge is 2.40. The largest absolute Gasteiger partial charge is 0.311 e. The summed E-state index contributed by atoms with van der Waals surface area (Å²) in [7, 11) is 0. The minimum Gasteiger partial charge on any atom is -0.311 e. The van der Waals surface area contributed by atoms with Crippen molar-refractivity contribution in [3.8, 4) is 0 Å². The fourth-order valence-electron chi connectivity index (χ4n) is 8.32. The molecule has 3 aromatic rings. The van der Waals surface area contributed by atoms with Crippen LogP contribution in [0.4, 0.5) is 0 Å². The SMILES string of the molecule is C=CC/C(=C\C=C1/C(=C)C(C)(C)C2C=CC=CC1C2)c1ccc(C2=Cc3c(c4ncccc4n3C3=CC=CCC3)C3=CC=CC=C2C3)cc1.CC. The zero-order valence-electron chi connectivity index (χ0n) is 30.7. The third-order valence-electron chi connectivity index (χ3n) is 11.2.